The summed E-state index contributed by atoms with van der Waals surface area (Å²) in [4.78, 5) is 23.8. The molecule has 122 valence electrons. The third-order valence-electron chi connectivity index (χ3n) is 3.59. The Morgan fingerprint density at radius 3 is 2.35 bits per heavy atom. The second-order valence-electron chi connectivity index (χ2n) is 5.31. The third kappa shape index (κ3) is 4.35. The van der Waals surface area contributed by atoms with Gasteiger partial charge in [0.1, 0.15) is 5.76 Å². The van der Waals surface area contributed by atoms with Crippen LogP contribution in [0, 0.1) is 13.8 Å². The molecule has 0 spiro atoms. The standard InChI is InChI=1S/C17H21N3O3/c1-4-15(13-7-5-11(2)6-8-13)18-17(22)20-19-16(21)14-9-10-23-12(14)3/h5-10,15H,4H2,1-3H3,(H,19,21)(H2,18,20,22)/t15-/m0/s1. The van der Waals surface area contributed by atoms with E-state index < -0.39 is 11.9 Å². The molecule has 2 rings (SSSR count). The lowest BCUT2D eigenvalue weighted by molar-refractivity contribution is 0.0934. The average Bonchev–Trinajstić information content (AvgIpc) is 2.97. The summed E-state index contributed by atoms with van der Waals surface area (Å²) >= 11 is 0. The summed E-state index contributed by atoms with van der Waals surface area (Å²) in [6.07, 6.45) is 2.17. The highest BCUT2D eigenvalue weighted by molar-refractivity contribution is 5.96. The summed E-state index contributed by atoms with van der Waals surface area (Å²) in [5.74, 6) is 0.0746. The molecular formula is C17H21N3O3. The third-order valence-corrected chi connectivity index (χ3v) is 3.59. The molecule has 0 aliphatic carbocycles. The number of carbonyl (C=O) groups is 2. The van der Waals surface area contributed by atoms with Gasteiger partial charge in [0.2, 0.25) is 0 Å². The van der Waals surface area contributed by atoms with Crippen LogP contribution in [0.2, 0.25) is 0 Å². The minimum absolute atomic E-state index is 0.122. The number of hydrogen-bond acceptors (Lipinski definition) is 3. The van der Waals surface area contributed by atoms with Gasteiger partial charge >= 0.3 is 6.03 Å². The van der Waals surface area contributed by atoms with Crippen LogP contribution in [0.15, 0.2) is 41.0 Å². The molecule has 0 bridgehead atoms. The molecule has 1 aromatic heterocycles. The molecule has 0 unspecified atom stereocenters. The van der Waals surface area contributed by atoms with E-state index in [0.717, 1.165) is 17.5 Å². The fourth-order valence-corrected chi connectivity index (χ4v) is 2.22. The number of hydrazine groups is 1. The van der Waals surface area contributed by atoms with Crippen LogP contribution >= 0.6 is 0 Å². The molecular weight excluding hydrogens is 294 g/mol. The van der Waals surface area contributed by atoms with E-state index in [1.807, 2.05) is 38.1 Å². The van der Waals surface area contributed by atoms with Gasteiger partial charge in [-0.2, -0.15) is 0 Å². The van der Waals surface area contributed by atoms with Gasteiger partial charge in [0.25, 0.3) is 5.91 Å². The van der Waals surface area contributed by atoms with Gasteiger partial charge in [-0.25, -0.2) is 10.2 Å². The van der Waals surface area contributed by atoms with E-state index >= 15 is 0 Å². The number of nitrogens with one attached hydrogen (secondary N) is 3. The molecule has 3 amide bonds. The lowest BCUT2D eigenvalue weighted by atomic mass is 10.0. The van der Waals surface area contributed by atoms with Crippen molar-refractivity contribution in [1.82, 2.24) is 16.2 Å². The van der Waals surface area contributed by atoms with E-state index in [1.165, 1.54) is 6.26 Å². The van der Waals surface area contributed by atoms with Gasteiger partial charge in [0.05, 0.1) is 17.9 Å². The van der Waals surface area contributed by atoms with Crippen LogP contribution in [0.3, 0.4) is 0 Å². The fraction of sp³-hybridized carbons (Fsp3) is 0.294. The predicted molar refractivity (Wildman–Crippen MR) is 86.8 cm³/mol. The van der Waals surface area contributed by atoms with Crippen molar-refractivity contribution in [3.8, 4) is 0 Å². The number of rotatable bonds is 4. The zero-order valence-electron chi connectivity index (χ0n) is 13.5. The molecule has 3 N–H and O–H groups in total. The molecule has 6 nitrogen and oxygen atoms in total. The summed E-state index contributed by atoms with van der Waals surface area (Å²) < 4.78 is 5.05. The Kier molecular flexibility index (Phi) is 5.41. The number of benzene rings is 1. The molecule has 1 heterocycles. The topological polar surface area (TPSA) is 83.4 Å². The summed E-state index contributed by atoms with van der Waals surface area (Å²) in [7, 11) is 0. The smallest absolute Gasteiger partial charge is 0.333 e. The monoisotopic (exact) mass is 315 g/mol. The Morgan fingerprint density at radius 2 is 1.78 bits per heavy atom. The van der Waals surface area contributed by atoms with Crippen molar-refractivity contribution in [1.29, 1.82) is 0 Å². The molecule has 0 aliphatic heterocycles. The van der Waals surface area contributed by atoms with E-state index in [-0.39, 0.29) is 6.04 Å². The Balaban J connectivity index is 1.89. The first kappa shape index (κ1) is 16.6. The van der Waals surface area contributed by atoms with Gasteiger partial charge in [-0.1, -0.05) is 36.8 Å². The molecule has 23 heavy (non-hydrogen) atoms. The van der Waals surface area contributed by atoms with Crippen LogP contribution in [0.1, 0.15) is 46.6 Å². The normalized spacial score (nSPS) is 11.6. The van der Waals surface area contributed by atoms with Gasteiger partial charge in [-0.3, -0.25) is 10.2 Å². The first-order chi connectivity index (χ1) is 11.0. The number of aryl methyl sites for hydroxylation is 2. The average molecular weight is 315 g/mol. The number of hydrogen-bond donors (Lipinski definition) is 3. The van der Waals surface area contributed by atoms with Crippen LogP contribution < -0.4 is 16.2 Å². The molecule has 0 radical (unpaired) electrons. The minimum atomic E-state index is -0.466. The molecule has 2 aromatic rings. The zero-order valence-corrected chi connectivity index (χ0v) is 13.5. The fourth-order valence-electron chi connectivity index (χ4n) is 2.22. The van der Waals surface area contributed by atoms with Crippen LogP contribution in [-0.4, -0.2) is 11.9 Å². The first-order valence-corrected chi connectivity index (χ1v) is 7.48. The lowest BCUT2D eigenvalue weighted by Gasteiger charge is -2.18. The van der Waals surface area contributed by atoms with Crippen LogP contribution in [0.4, 0.5) is 4.79 Å². The molecule has 1 atom stereocenters. The maximum atomic E-state index is 12.0. The molecule has 0 saturated carbocycles. The Hall–Kier alpha value is -2.76. The SMILES string of the molecule is CC[C@H](NC(=O)NNC(=O)c1ccoc1C)c1ccc(C)cc1. The van der Waals surface area contributed by atoms with Crippen molar-refractivity contribution in [2.24, 2.45) is 0 Å². The molecule has 0 aliphatic rings. The lowest BCUT2D eigenvalue weighted by Crippen LogP contribution is -2.47. The highest BCUT2D eigenvalue weighted by Crippen LogP contribution is 2.16. The van der Waals surface area contributed by atoms with Crippen molar-refractivity contribution >= 4 is 11.9 Å². The van der Waals surface area contributed by atoms with Crippen molar-refractivity contribution in [2.75, 3.05) is 0 Å². The maximum Gasteiger partial charge on any atom is 0.333 e. The van der Waals surface area contributed by atoms with Gasteiger partial charge in [-0.05, 0) is 31.9 Å². The molecule has 6 heteroatoms. The number of urea groups is 1. The molecule has 0 saturated heterocycles. The summed E-state index contributed by atoms with van der Waals surface area (Å²) in [5.41, 5.74) is 7.27. The molecule has 1 aromatic carbocycles. The Bertz CT molecular complexity index is 677. The summed E-state index contributed by atoms with van der Waals surface area (Å²) in [6.45, 7) is 5.68. The van der Waals surface area contributed by atoms with Crippen LogP contribution in [0.25, 0.3) is 0 Å². The predicted octanol–water partition coefficient (Wildman–Crippen LogP) is 2.99. The van der Waals surface area contributed by atoms with Gasteiger partial charge < -0.3 is 9.73 Å². The van der Waals surface area contributed by atoms with Gasteiger partial charge in [-0.15, -0.1) is 0 Å². The van der Waals surface area contributed by atoms with Crippen molar-refractivity contribution < 1.29 is 14.0 Å². The zero-order chi connectivity index (χ0) is 16.8. The molecule has 0 fully saturated rings. The highest BCUT2D eigenvalue weighted by atomic mass is 16.3. The van der Waals surface area contributed by atoms with Crippen LogP contribution in [0.5, 0.6) is 0 Å². The van der Waals surface area contributed by atoms with Gasteiger partial charge in [0.15, 0.2) is 0 Å². The summed E-state index contributed by atoms with van der Waals surface area (Å²) in [6, 6.07) is 8.93. The quantitative estimate of drug-likeness (QED) is 0.758. The van der Waals surface area contributed by atoms with E-state index in [0.29, 0.717) is 11.3 Å². The van der Waals surface area contributed by atoms with Crippen LogP contribution in [-0.2, 0) is 0 Å². The highest BCUT2D eigenvalue weighted by Gasteiger charge is 2.15. The number of amides is 3. The second kappa shape index (κ2) is 7.49. The van der Waals surface area contributed by atoms with Crippen molar-refractivity contribution in [3.05, 3.63) is 59.0 Å². The van der Waals surface area contributed by atoms with Crippen molar-refractivity contribution in [2.45, 2.75) is 33.2 Å². The van der Waals surface area contributed by atoms with E-state index in [2.05, 4.69) is 16.2 Å². The minimum Gasteiger partial charge on any atom is -0.469 e. The van der Waals surface area contributed by atoms with E-state index in [4.69, 9.17) is 4.42 Å². The number of furan rings is 1. The first-order valence-electron chi connectivity index (χ1n) is 7.48. The number of carbonyl (C=O) groups excluding carboxylic acids is 2. The van der Waals surface area contributed by atoms with E-state index in [9.17, 15) is 9.59 Å². The second-order valence-corrected chi connectivity index (χ2v) is 5.31. The Labute approximate surface area is 135 Å². The summed E-state index contributed by atoms with van der Waals surface area (Å²) in [5, 5.41) is 2.83. The largest absolute Gasteiger partial charge is 0.469 e. The maximum absolute atomic E-state index is 12.0. The Morgan fingerprint density at radius 1 is 1.09 bits per heavy atom. The van der Waals surface area contributed by atoms with E-state index in [1.54, 1.807) is 13.0 Å². The van der Waals surface area contributed by atoms with Gasteiger partial charge in [0, 0.05) is 0 Å². The van der Waals surface area contributed by atoms with Crippen molar-refractivity contribution in [3.63, 3.8) is 0 Å².